The van der Waals surface area contributed by atoms with Crippen LogP contribution in [0, 0.1) is 17.5 Å². The molecular weight excluding hydrogens is 343 g/mol. The average Bonchev–Trinajstić information content (AvgIpc) is 3.06. The van der Waals surface area contributed by atoms with Crippen LogP contribution in [0.3, 0.4) is 0 Å². The van der Waals surface area contributed by atoms with Gasteiger partial charge in [-0.2, -0.15) is 5.10 Å². The first-order valence-electron chi connectivity index (χ1n) is 7.80. The van der Waals surface area contributed by atoms with Crippen molar-refractivity contribution >= 4 is 5.52 Å². The SMILES string of the molecule is O=c1c2cc(-c3ccc(F)cc3)nn2ccn1Cc1cc(F)ccc1F. The summed E-state index contributed by atoms with van der Waals surface area (Å²) in [4.78, 5) is 12.7. The van der Waals surface area contributed by atoms with Crippen LogP contribution in [0.15, 0.2) is 65.7 Å². The summed E-state index contributed by atoms with van der Waals surface area (Å²) >= 11 is 0. The van der Waals surface area contributed by atoms with Gasteiger partial charge in [0, 0.05) is 23.5 Å². The van der Waals surface area contributed by atoms with Gasteiger partial charge in [0.05, 0.1) is 12.2 Å². The van der Waals surface area contributed by atoms with Gasteiger partial charge in [0.2, 0.25) is 0 Å². The first-order valence-corrected chi connectivity index (χ1v) is 7.80. The maximum Gasteiger partial charge on any atom is 0.276 e. The van der Waals surface area contributed by atoms with Crippen molar-refractivity contribution in [2.75, 3.05) is 0 Å². The molecule has 0 bridgehead atoms. The van der Waals surface area contributed by atoms with Crippen molar-refractivity contribution < 1.29 is 13.2 Å². The molecule has 0 amide bonds. The zero-order valence-electron chi connectivity index (χ0n) is 13.4. The number of halogens is 3. The second kappa shape index (κ2) is 6.18. The molecule has 0 fully saturated rings. The van der Waals surface area contributed by atoms with Crippen LogP contribution in [0.4, 0.5) is 13.2 Å². The van der Waals surface area contributed by atoms with Gasteiger partial charge >= 0.3 is 0 Å². The van der Waals surface area contributed by atoms with Gasteiger partial charge in [-0.3, -0.25) is 4.79 Å². The number of hydrogen-bond acceptors (Lipinski definition) is 2. The van der Waals surface area contributed by atoms with Gasteiger partial charge in [0.25, 0.3) is 5.56 Å². The molecule has 4 rings (SSSR count). The Kier molecular flexibility index (Phi) is 3.84. The molecule has 130 valence electrons. The third-order valence-corrected chi connectivity index (χ3v) is 4.09. The van der Waals surface area contributed by atoms with Gasteiger partial charge in [-0.25, -0.2) is 17.7 Å². The lowest BCUT2D eigenvalue weighted by Crippen LogP contribution is -2.22. The summed E-state index contributed by atoms with van der Waals surface area (Å²) in [5.74, 6) is -1.52. The van der Waals surface area contributed by atoms with Crippen molar-refractivity contribution in [1.82, 2.24) is 14.2 Å². The molecule has 4 aromatic rings. The lowest BCUT2D eigenvalue weighted by molar-refractivity contribution is 0.574. The van der Waals surface area contributed by atoms with E-state index in [9.17, 15) is 18.0 Å². The summed E-state index contributed by atoms with van der Waals surface area (Å²) < 4.78 is 42.9. The molecule has 7 heteroatoms. The molecule has 0 spiro atoms. The maximum atomic E-state index is 13.8. The predicted octanol–water partition coefficient (Wildman–Crippen LogP) is 3.63. The van der Waals surface area contributed by atoms with Crippen LogP contribution < -0.4 is 5.56 Å². The Morgan fingerprint density at radius 3 is 2.38 bits per heavy atom. The average molecular weight is 355 g/mol. The van der Waals surface area contributed by atoms with E-state index in [1.165, 1.54) is 27.4 Å². The second-order valence-corrected chi connectivity index (χ2v) is 5.83. The smallest absolute Gasteiger partial charge is 0.276 e. The summed E-state index contributed by atoms with van der Waals surface area (Å²) in [5.41, 5.74) is 1.14. The van der Waals surface area contributed by atoms with Gasteiger partial charge in [-0.1, -0.05) is 0 Å². The monoisotopic (exact) mass is 355 g/mol. The lowest BCUT2D eigenvalue weighted by Gasteiger charge is -2.07. The van der Waals surface area contributed by atoms with Crippen LogP contribution in [0.2, 0.25) is 0 Å². The van der Waals surface area contributed by atoms with E-state index in [1.807, 2.05) is 0 Å². The molecule has 2 aromatic carbocycles. The lowest BCUT2D eigenvalue weighted by atomic mass is 10.1. The molecule has 2 heterocycles. The first-order chi connectivity index (χ1) is 12.5. The number of aromatic nitrogens is 3. The van der Waals surface area contributed by atoms with Crippen LogP contribution >= 0.6 is 0 Å². The maximum absolute atomic E-state index is 13.8. The normalized spacial score (nSPS) is 11.2. The van der Waals surface area contributed by atoms with E-state index in [1.54, 1.807) is 24.4 Å². The molecule has 2 aromatic heterocycles. The number of hydrogen-bond donors (Lipinski definition) is 0. The zero-order chi connectivity index (χ0) is 18.3. The van der Waals surface area contributed by atoms with Gasteiger partial charge in [0.1, 0.15) is 23.0 Å². The van der Waals surface area contributed by atoms with Crippen LogP contribution in [0.25, 0.3) is 16.8 Å². The van der Waals surface area contributed by atoms with Crippen molar-refractivity contribution in [2.24, 2.45) is 0 Å². The highest BCUT2D eigenvalue weighted by Crippen LogP contribution is 2.19. The van der Waals surface area contributed by atoms with E-state index < -0.39 is 17.2 Å². The highest BCUT2D eigenvalue weighted by molar-refractivity contribution is 5.65. The Labute approximate surface area is 145 Å². The summed E-state index contributed by atoms with van der Waals surface area (Å²) in [7, 11) is 0. The quantitative estimate of drug-likeness (QED) is 0.563. The molecule has 0 aliphatic heterocycles. The number of nitrogens with zero attached hydrogens (tertiary/aromatic N) is 3. The van der Waals surface area contributed by atoms with Gasteiger partial charge < -0.3 is 4.57 Å². The summed E-state index contributed by atoms with van der Waals surface area (Å²) in [6.07, 6.45) is 3.02. The van der Waals surface area contributed by atoms with Gasteiger partial charge in [-0.15, -0.1) is 0 Å². The highest BCUT2D eigenvalue weighted by Gasteiger charge is 2.11. The van der Waals surface area contributed by atoms with Crippen molar-refractivity contribution in [3.05, 3.63) is 94.3 Å². The van der Waals surface area contributed by atoms with Crippen LogP contribution in [-0.2, 0) is 6.54 Å². The van der Waals surface area contributed by atoms with E-state index >= 15 is 0 Å². The van der Waals surface area contributed by atoms with Gasteiger partial charge in [0.15, 0.2) is 0 Å². The topological polar surface area (TPSA) is 39.3 Å². The molecule has 0 unspecified atom stereocenters. The minimum absolute atomic E-state index is 0.0784. The largest absolute Gasteiger partial charge is 0.308 e. The minimum atomic E-state index is -0.585. The fourth-order valence-electron chi connectivity index (χ4n) is 2.76. The van der Waals surface area contributed by atoms with E-state index in [4.69, 9.17) is 0 Å². The van der Waals surface area contributed by atoms with Crippen molar-refractivity contribution in [3.8, 4) is 11.3 Å². The van der Waals surface area contributed by atoms with Crippen LogP contribution in [0.5, 0.6) is 0 Å². The predicted molar refractivity (Wildman–Crippen MR) is 90.3 cm³/mol. The third kappa shape index (κ3) is 2.88. The Balaban J connectivity index is 1.76. The summed E-state index contributed by atoms with van der Waals surface area (Å²) in [6.45, 7) is -0.101. The molecular formula is C19H12F3N3O. The molecule has 0 radical (unpaired) electrons. The fraction of sp³-hybridized carbons (Fsp3) is 0.0526. The summed E-state index contributed by atoms with van der Waals surface area (Å²) in [5, 5.41) is 4.30. The second-order valence-electron chi connectivity index (χ2n) is 5.83. The Morgan fingerprint density at radius 2 is 1.62 bits per heavy atom. The molecule has 0 aliphatic carbocycles. The number of benzene rings is 2. The van der Waals surface area contributed by atoms with Crippen molar-refractivity contribution in [2.45, 2.75) is 6.54 Å². The highest BCUT2D eigenvalue weighted by atomic mass is 19.1. The summed E-state index contributed by atoms with van der Waals surface area (Å²) in [6, 6.07) is 10.4. The first kappa shape index (κ1) is 16.1. The van der Waals surface area contributed by atoms with Crippen LogP contribution in [-0.4, -0.2) is 14.2 Å². The third-order valence-electron chi connectivity index (χ3n) is 4.09. The van der Waals surface area contributed by atoms with Gasteiger partial charge in [-0.05, 0) is 48.5 Å². The van der Waals surface area contributed by atoms with Crippen molar-refractivity contribution in [1.29, 1.82) is 0 Å². The van der Waals surface area contributed by atoms with Crippen molar-refractivity contribution in [3.63, 3.8) is 0 Å². The van der Waals surface area contributed by atoms with E-state index in [-0.39, 0.29) is 23.4 Å². The molecule has 0 saturated carbocycles. The van der Waals surface area contributed by atoms with E-state index in [0.29, 0.717) is 11.3 Å². The Bertz CT molecular complexity index is 1160. The minimum Gasteiger partial charge on any atom is -0.308 e. The molecule has 4 nitrogen and oxygen atoms in total. The molecule has 0 N–H and O–H groups in total. The molecule has 0 atom stereocenters. The Hall–Kier alpha value is -3.35. The standard InChI is InChI=1S/C19H12F3N3O/c20-14-3-1-12(2-4-14)17-10-18-19(26)24(7-8-25(18)23-17)11-13-9-15(21)5-6-16(13)22/h1-10H,11H2. The van der Waals surface area contributed by atoms with E-state index in [0.717, 1.165) is 18.2 Å². The fourth-order valence-corrected chi connectivity index (χ4v) is 2.76. The zero-order valence-corrected chi connectivity index (χ0v) is 13.4. The molecule has 0 saturated heterocycles. The number of fused-ring (bicyclic) bond motifs is 1. The molecule has 26 heavy (non-hydrogen) atoms. The number of rotatable bonds is 3. The van der Waals surface area contributed by atoms with E-state index in [2.05, 4.69) is 5.10 Å². The van der Waals surface area contributed by atoms with Crippen LogP contribution in [0.1, 0.15) is 5.56 Å². The Morgan fingerprint density at radius 1 is 0.885 bits per heavy atom. The molecule has 0 aliphatic rings.